The highest BCUT2D eigenvalue weighted by Gasteiger charge is 2.22. The van der Waals surface area contributed by atoms with Gasteiger partial charge in [-0.2, -0.15) is 0 Å². The minimum atomic E-state index is 0.711. The predicted molar refractivity (Wildman–Crippen MR) is 80.2 cm³/mol. The van der Waals surface area contributed by atoms with Crippen LogP contribution in [0.4, 0.5) is 0 Å². The van der Waals surface area contributed by atoms with Crippen molar-refractivity contribution in [3.8, 4) is 0 Å². The van der Waals surface area contributed by atoms with Crippen molar-refractivity contribution in [3.63, 3.8) is 0 Å². The van der Waals surface area contributed by atoms with E-state index in [-0.39, 0.29) is 0 Å². The fraction of sp³-hybridized carbons (Fsp3) is 0.467. The molecule has 1 aromatic carbocycles. The quantitative estimate of drug-likeness (QED) is 0.850. The number of nitrogens with one attached hydrogen (secondary N) is 1. The number of piperidine rings is 1. The summed E-state index contributed by atoms with van der Waals surface area (Å²) in [7, 11) is 2.21. The lowest BCUT2D eigenvalue weighted by molar-refractivity contribution is 0.445. The fourth-order valence-corrected chi connectivity index (χ4v) is 3.64. The van der Waals surface area contributed by atoms with Crippen LogP contribution in [0.1, 0.15) is 30.0 Å². The molecule has 2 heterocycles. The summed E-state index contributed by atoms with van der Waals surface area (Å²) in [4.78, 5) is 0. The van der Waals surface area contributed by atoms with Gasteiger partial charge in [-0.25, -0.2) is 0 Å². The average molecular weight is 307 g/mol. The monoisotopic (exact) mass is 306 g/mol. The van der Waals surface area contributed by atoms with Crippen LogP contribution in [0.5, 0.6) is 0 Å². The molecule has 0 saturated carbocycles. The molecule has 1 aromatic heterocycles. The normalized spacial score (nSPS) is 17.5. The molecule has 3 heteroatoms. The number of benzene rings is 1. The van der Waals surface area contributed by atoms with Gasteiger partial charge in [0, 0.05) is 34.0 Å². The third kappa shape index (κ3) is 1.90. The van der Waals surface area contributed by atoms with Gasteiger partial charge in [-0.1, -0.05) is 22.0 Å². The molecule has 1 aliphatic heterocycles. The molecule has 0 aliphatic carbocycles. The predicted octanol–water partition coefficient (Wildman–Crippen LogP) is 3.72. The number of halogens is 1. The lowest BCUT2D eigenvalue weighted by atomic mass is 9.92. The molecule has 0 spiro atoms. The van der Waals surface area contributed by atoms with E-state index < -0.39 is 0 Å². The first-order chi connectivity index (χ1) is 8.68. The summed E-state index contributed by atoms with van der Waals surface area (Å²) in [5.74, 6) is 0.711. The number of rotatable bonds is 1. The first-order valence-corrected chi connectivity index (χ1v) is 7.43. The van der Waals surface area contributed by atoms with E-state index in [9.17, 15) is 0 Å². The zero-order valence-corrected chi connectivity index (χ0v) is 12.5. The molecule has 2 aromatic rings. The van der Waals surface area contributed by atoms with Gasteiger partial charge < -0.3 is 9.88 Å². The Kier molecular flexibility index (Phi) is 3.20. The maximum Gasteiger partial charge on any atom is 0.0494 e. The first kappa shape index (κ1) is 12.2. The molecular weight excluding hydrogens is 288 g/mol. The van der Waals surface area contributed by atoms with Crippen molar-refractivity contribution in [3.05, 3.63) is 33.9 Å². The lowest BCUT2D eigenvalue weighted by Gasteiger charge is -2.24. The Morgan fingerprint density at radius 3 is 2.72 bits per heavy atom. The highest BCUT2D eigenvalue weighted by atomic mass is 79.9. The number of fused-ring (bicyclic) bond motifs is 1. The Hall–Kier alpha value is -0.800. The van der Waals surface area contributed by atoms with Crippen molar-refractivity contribution in [2.45, 2.75) is 25.7 Å². The Morgan fingerprint density at radius 1 is 1.28 bits per heavy atom. The van der Waals surface area contributed by atoms with Crippen LogP contribution < -0.4 is 5.32 Å². The van der Waals surface area contributed by atoms with E-state index >= 15 is 0 Å². The van der Waals surface area contributed by atoms with Crippen LogP contribution in [0, 0.1) is 6.92 Å². The van der Waals surface area contributed by atoms with E-state index in [4.69, 9.17) is 0 Å². The highest BCUT2D eigenvalue weighted by Crippen LogP contribution is 2.35. The summed E-state index contributed by atoms with van der Waals surface area (Å²) in [6, 6.07) is 6.60. The van der Waals surface area contributed by atoms with Crippen LogP contribution >= 0.6 is 15.9 Å². The topological polar surface area (TPSA) is 17.0 Å². The Bertz CT molecular complexity index is 580. The molecule has 1 saturated heterocycles. The van der Waals surface area contributed by atoms with Crippen molar-refractivity contribution < 1.29 is 0 Å². The van der Waals surface area contributed by atoms with Crippen molar-refractivity contribution in [2.75, 3.05) is 13.1 Å². The Morgan fingerprint density at radius 2 is 2.00 bits per heavy atom. The molecule has 1 N–H and O–H groups in total. The molecule has 0 atom stereocenters. The second-order valence-electron chi connectivity index (χ2n) is 5.26. The third-order valence-electron chi connectivity index (χ3n) is 4.20. The van der Waals surface area contributed by atoms with Crippen LogP contribution in [0.25, 0.3) is 10.9 Å². The van der Waals surface area contributed by atoms with E-state index in [1.54, 1.807) is 0 Å². The minimum Gasteiger partial charge on any atom is -0.347 e. The number of nitrogens with zero attached hydrogens (tertiary/aromatic N) is 1. The number of hydrogen-bond acceptors (Lipinski definition) is 1. The maximum atomic E-state index is 3.57. The molecule has 18 heavy (non-hydrogen) atoms. The summed E-state index contributed by atoms with van der Waals surface area (Å²) < 4.78 is 3.55. The van der Waals surface area contributed by atoms with E-state index in [0.717, 1.165) is 17.6 Å². The zero-order chi connectivity index (χ0) is 12.7. The third-order valence-corrected chi connectivity index (χ3v) is 4.69. The van der Waals surface area contributed by atoms with E-state index in [1.165, 1.54) is 35.0 Å². The summed E-state index contributed by atoms with van der Waals surface area (Å²) in [5.41, 5.74) is 4.34. The summed E-state index contributed by atoms with van der Waals surface area (Å²) >= 11 is 3.57. The fourth-order valence-electron chi connectivity index (χ4n) is 3.29. The molecule has 0 unspecified atom stereocenters. The van der Waals surface area contributed by atoms with Crippen molar-refractivity contribution in [1.82, 2.24) is 9.88 Å². The van der Waals surface area contributed by atoms with Crippen LogP contribution in [0.3, 0.4) is 0 Å². The van der Waals surface area contributed by atoms with Gasteiger partial charge >= 0.3 is 0 Å². The van der Waals surface area contributed by atoms with Gasteiger partial charge in [0.15, 0.2) is 0 Å². The van der Waals surface area contributed by atoms with Gasteiger partial charge in [0.2, 0.25) is 0 Å². The van der Waals surface area contributed by atoms with Gasteiger partial charge in [-0.3, -0.25) is 0 Å². The summed E-state index contributed by atoms with van der Waals surface area (Å²) in [6.45, 7) is 4.57. The van der Waals surface area contributed by atoms with Gasteiger partial charge in [-0.05, 0) is 50.6 Å². The highest BCUT2D eigenvalue weighted by molar-refractivity contribution is 9.10. The van der Waals surface area contributed by atoms with Crippen molar-refractivity contribution in [2.24, 2.45) is 7.05 Å². The van der Waals surface area contributed by atoms with Gasteiger partial charge in [0.05, 0.1) is 0 Å². The van der Waals surface area contributed by atoms with Crippen molar-refractivity contribution in [1.29, 1.82) is 0 Å². The Labute approximate surface area is 116 Å². The molecule has 0 amide bonds. The van der Waals surface area contributed by atoms with E-state index in [1.807, 2.05) is 0 Å². The zero-order valence-electron chi connectivity index (χ0n) is 11.0. The second kappa shape index (κ2) is 4.71. The standard InChI is InChI=1S/C15H19BrN2/c1-10-13-4-3-12(16)9-14(13)18(2)15(10)11-5-7-17-8-6-11/h3-4,9,11,17H,5-8H2,1-2H3. The number of hydrogen-bond donors (Lipinski definition) is 1. The largest absolute Gasteiger partial charge is 0.347 e. The molecule has 1 aliphatic rings. The number of aromatic nitrogens is 1. The van der Waals surface area contributed by atoms with Gasteiger partial charge in [0.25, 0.3) is 0 Å². The number of aryl methyl sites for hydroxylation is 2. The molecule has 0 bridgehead atoms. The SMILES string of the molecule is Cc1c(C2CCNCC2)n(C)c2cc(Br)ccc12. The first-order valence-electron chi connectivity index (χ1n) is 6.63. The van der Waals surface area contributed by atoms with E-state index in [2.05, 4.69) is 58.0 Å². The average Bonchev–Trinajstić information content (AvgIpc) is 2.63. The molecule has 3 rings (SSSR count). The molecule has 1 fully saturated rings. The summed E-state index contributed by atoms with van der Waals surface area (Å²) in [6.07, 6.45) is 2.51. The molecular formula is C15H19BrN2. The van der Waals surface area contributed by atoms with Crippen LogP contribution in [0.2, 0.25) is 0 Å². The van der Waals surface area contributed by atoms with Crippen molar-refractivity contribution >= 4 is 26.8 Å². The molecule has 0 radical (unpaired) electrons. The smallest absolute Gasteiger partial charge is 0.0494 e. The maximum absolute atomic E-state index is 3.57. The minimum absolute atomic E-state index is 0.711. The van der Waals surface area contributed by atoms with Gasteiger partial charge in [-0.15, -0.1) is 0 Å². The van der Waals surface area contributed by atoms with E-state index in [0.29, 0.717) is 5.92 Å². The van der Waals surface area contributed by atoms with Crippen LogP contribution in [0.15, 0.2) is 22.7 Å². The van der Waals surface area contributed by atoms with Crippen LogP contribution in [-0.4, -0.2) is 17.7 Å². The Balaban J connectivity index is 2.16. The second-order valence-corrected chi connectivity index (χ2v) is 6.17. The summed E-state index contributed by atoms with van der Waals surface area (Å²) in [5, 5.41) is 4.85. The molecule has 2 nitrogen and oxygen atoms in total. The molecule has 96 valence electrons. The lowest BCUT2D eigenvalue weighted by Crippen LogP contribution is -2.27. The van der Waals surface area contributed by atoms with Crippen LogP contribution in [-0.2, 0) is 7.05 Å². The van der Waals surface area contributed by atoms with Gasteiger partial charge in [0.1, 0.15) is 0 Å².